The number of thiophene rings is 1. The average molecular weight is 579 g/mol. The number of carbonyl (C=O) groups excluding carboxylic acids is 2. The van der Waals surface area contributed by atoms with Gasteiger partial charge in [-0.25, -0.2) is 8.42 Å². The second kappa shape index (κ2) is 13.3. The molecule has 10 nitrogen and oxygen atoms in total. The molecule has 2 aliphatic heterocycles. The van der Waals surface area contributed by atoms with E-state index in [1.54, 1.807) is 0 Å². The minimum atomic E-state index is -3.80. The maximum Gasteiger partial charge on any atom is 0.257 e. The molecule has 3 heterocycles. The number of methoxy groups -OCH3 is 2. The van der Waals surface area contributed by atoms with Gasteiger partial charge in [-0.15, -0.1) is 11.3 Å². The quantitative estimate of drug-likeness (QED) is 0.437. The first kappa shape index (κ1) is 29.6. The summed E-state index contributed by atoms with van der Waals surface area (Å²) in [5.41, 5.74) is 1.97. The molecule has 1 fully saturated rings. The van der Waals surface area contributed by atoms with Gasteiger partial charge in [-0.2, -0.15) is 4.31 Å². The fraction of sp³-hybridized carbons (Fsp3) is 0.556. The van der Waals surface area contributed by atoms with Crippen molar-refractivity contribution in [3.63, 3.8) is 0 Å². The van der Waals surface area contributed by atoms with Crippen LogP contribution in [0.4, 0.5) is 5.00 Å². The Kier molecular flexibility index (Phi) is 10.1. The predicted molar refractivity (Wildman–Crippen MR) is 151 cm³/mol. The van der Waals surface area contributed by atoms with Crippen LogP contribution >= 0.6 is 11.3 Å². The van der Waals surface area contributed by atoms with Gasteiger partial charge in [-0.1, -0.05) is 0 Å². The summed E-state index contributed by atoms with van der Waals surface area (Å²) in [6, 6.07) is 5.87. The number of carbonyl (C=O) groups is 2. The minimum Gasteiger partial charge on any atom is -0.383 e. The highest BCUT2D eigenvalue weighted by Crippen LogP contribution is 2.38. The Bertz CT molecular complexity index is 1250. The van der Waals surface area contributed by atoms with Crippen LogP contribution in [0.15, 0.2) is 29.2 Å². The summed E-state index contributed by atoms with van der Waals surface area (Å²) in [7, 11) is 1.29. The van der Waals surface area contributed by atoms with E-state index in [-0.39, 0.29) is 43.0 Å². The Labute approximate surface area is 234 Å². The molecule has 1 N–H and O–H groups in total. The number of fused-ring (bicyclic) bond motifs is 1. The zero-order chi connectivity index (χ0) is 28.0. The maximum absolute atomic E-state index is 13.6. The molecule has 0 radical (unpaired) electrons. The number of sulfonamides is 1. The first-order chi connectivity index (χ1) is 18.8. The van der Waals surface area contributed by atoms with Crippen molar-refractivity contribution in [2.75, 3.05) is 72.5 Å². The molecule has 0 spiro atoms. The van der Waals surface area contributed by atoms with Crippen molar-refractivity contribution in [1.29, 1.82) is 0 Å². The number of amides is 2. The third-order valence-electron chi connectivity index (χ3n) is 7.18. The standard InChI is InChI=1S/C27H38N4O6S2/c1-29-14-11-22-23(19-29)38-26(24(22)27(33)30-12-5-4-6-13-30)28-25(32)20-7-9-21(10-8-20)39(34,35)31(15-17-36-2)16-18-37-3/h7-10H,4-6,11-19H2,1-3H3,(H,28,32). The van der Waals surface area contributed by atoms with Crippen LogP contribution in [0.25, 0.3) is 0 Å². The fourth-order valence-corrected chi connectivity index (χ4v) is 7.66. The zero-order valence-corrected chi connectivity index (χ0v) is 24.5. The number of ether oxygens (including phenoxy) is 2. The van der Waals surface area contributed by atoms with Crippen LogP contribution in [0.1, 0.15) is 50.4 Å². The van der Waals surface area contributed by atoms with Crippen molar-refractivity contribution >= 4 is 38.2 Å². The van der Waals surface area contributed by atoms with Gasteiger partial charge in [0, 0.05) is 63.9 Å². The van der Waals surface area contributed by atoms with Crippen molar-refractivity contribution in [2.45, 2.75) is 37.1 Å². The van der Waals surface area contributed by atoms with Gasteiger partial charge >= 0.3 is 0 Å². The van der Waals surface area contributed by atoms with E-state index < -0.39 is 10.0 Å². The molecule has 0 aliphatic carbocycles. The second-order valence-electron chi connectivity index (χ2n) is 9.92. The number of benzene rings is 1. The molecule has 39 heavy (non-hydrogen) atoms. The maximum atomic E-state index is 13.6. The lowest BCUT2D eigenvalue weighted by atomic mass is 10.0. The molecule has 4 rings (SSSR count). The summed E-state index contributed by atoms with van der Waals surface area (Å²) >= 11 is 1.46. The average Bonchev–Trinajstić information content (AvgIpc) is 3.29. The van der Waals surface area contributed by atoms with Gasteiger partial charge in [0.25, 0.3) is 11.8 Å². The van der Waals surface area contributed by atoms with Crippen LogP contribution in [0.5, 0.6) is 0 Å². The van der Waals surface area contributed by atoms with Gasteiger partial charge in [0.15, 0.2) is 0 Å². The van der Waals surface area contributed by atoms with E-state index in [1.165, 1.54) is 54.1 Å². The van der Waals surface area contributed by atoms with Crippen LogP contribution in [-0.4, -0.2) is 102 Å². The number of likely N-dealkylation sites (N-methyl/N-ethyl adjacent to an activating group) is 1. The molecule has 2 aliphatic rings. The van der Waals surface area contributed by atoms with Crippen LogP contribution < -0.4 is 5.32 Å². The first-order valence-electron chi connectivity index (χ1n) is 13.3. The zero-order valence-electron chi connectivity index (χ0n) is 22.9. The molecule has 0 unspecified atom stereocenters. The van der Waals surface area contributed by atoms with Crippen molar-refractivity contribution in [3.8, 4) is 0 Å². The van der Waals surface area contributed by atoms with Gasteiger partial charge in [0.1, 0.15) is 5.00 Å². The highest BCUT2D eigenvalue weighted by Gasteiger charge is 2.31. The largest absolute Gasteiger partial charge is 0.383 e. The van der Waals surface area contributed by atoms with E-state index in [2.05, 4.69) is 10.2 Å². The number of anilines is 1. The van der Waals surface area contributed by atoms with Crippen LogP contribution in [0.2, 0.25) is 0 Å². The summed E-state index contributed by atoms with van der Waals surface area (Å²) in [6.07, 6.45) is 3.88. The molecule has 0 bridgehead atoms. The number of nitrogens with zero attached hydrogens (tertiary/aromatic N) is 3. The lowest BCUT2D eigenvalue weighted by Gasteiger charge is -2.28. The summed E-state index contributed by atoms with van der Waals surface area (Å²) in [6.45, 7) is 3.96. The van der Waals surface area contributed by atoms with E-state index in [1.807, 2.05) is 11.9 Å². The van der Waals surface area contributed by atoms with E-state index in [0.717, 1.165) is 62.3 Å². The van der Waals surface area contributed by atoms with Crippen LogP contribution in [0, 0.1) is 0 Å². The smallest absolute Gasteiger partial charge is 0.257 e. The van der Waals surface area contributed by atoms with E-state index >= 15 is 0 Å². The molecule has 1 saturated heterocycles. The van der Waals surface area contributed by atoms with Crippen molar-refractivity contribution in [3.05, 3.63) is 45.8 Å². The van der Waals surface area contributed by atoms with Crippen molar-refractivity contribution in [2.24, 2.45) is 0 Å². The van der Waals surface area contributed by atoms with Gasteiger partial charge < -0.3 is 24.6 Å². The number of piperidine rings is 1. The molecular weight excluding hydrogens is 540 g/mol. The van der Waals surface area contributed by atoms with Crippen LogP contribution in [-0.2, 0) is 32.5 Å². The molecule has 2 aromatic rings. The second-order valence-corrected chi connectivity index (χ2v) is 13.0. The normalized spacial score (nSPS) is 16.4. The SMILES string of the molecule is COCCN(CCOC)S(=O)(=O)c1ccc(C(=O)Nc2sc3c(c2C(=O)N2CCCCC2)CCN(C)C3)cc1. The van der Waals surface area contributed by atoms with E-state index in [0.29, 0.717) is 16.1 Å². The molecule has 0 saturated carbocycles. The highest BCUT2D eigenvalue weighted by atomic mass is 32.2. The number of hydrogen-bond acceptors (Lipinski definition) is 8. The molecule has 2 amide bonds. The lowest BCUT2D eigenvalue weighted by molar-refractivity contribution is 0.0724. The number of rotatable bonds is 11. The first-order valence-corrected chi connectivity index (χ1v) is 15.5. The summed E-state index contributed by atoms with van der Waals surface area (Å²) < 4.78 is 37.8. The molecule has 214 valence electrons. The van der Waals surface area contributed by atoms with Gasteiger partial charge in [-0.3, -0.25) is 9.59 Å². The molecule has 1 aromatic carbocycles. The van der Waals surface area contributed by atoms with Crippen LogP contribution in [0.3, 0.4) is 0 Å². The van der Waals surface area contributed by atoms with Crippen molar-refractivity contribution < 1.29 is 27.5 Å². The summed E-state index contributed by atoms with van der Waals surface area (Å²) in [4.78, 5) is 32.2. The topological polar surface area (TPSA) is 108 Å². The Balaban J connectivity index is 1.55. The number of nitrogens with one attached hydrogen (secondary N) is 1. The van der Waals surface area contributed by atoms with Gasteiger partial charge in [0.05, 0.1) is 23.7 Å². The molecule has 12 heteroatoms. The molecular formula is C27H38N4O6S2. The van der Waals surface area contributed by atoms with E-state index in [4.69, 9.17) is 9.47 Å². The van der Waals surface area contributed by atoms with Crippen molar-refractivity contribution in [1.82, 2.24) is 14.1 Å². The molecule has 1 aromatic heterocycles. The Morgan fingerprint density at radius 2 is 1.64 bits per heavy atom. The Morgan fingerprint density at radius 1 is 1.00 bits per heavy atom. The Morgan fingerprint density at radius 3 is 2.26 bits per heavy atom. The summed E-state index contributed by atoms with van der Waals surface area (Å²) in [5, 5.41) is 3.54. The highest BCUT2D eigenvalue weighted by molar-refractivity contribution is 7.89. The number of hydrogen-bond donors (Lipinski definition) is 1. The minimum absolute atomic E-state index is 0.0132. The lowest BCUT2D eigenvalue weighted by Crippen LogP contribution is -2.37. The third-order valence-corrected chi connectivity index (χ3v) is 10.2. The molecule has 0 atom stereocenters. The number of likely N-dealkylation sites (tertiary alicyclic amines) is 1. The third kappa shape index (κ3) is 6.87. The monoisotopic (exact) mass is 578 g/mol. The predicted octanol–water partition coefficient (Wildman–Crippen LogP) is 2.90. The Hall–Kier alpha value is -2.35. The van der Waals surface area contributed by atoms with Gasteiger partial charge in [-0.05, 0) is 62.6 Å². The fourth-order valence-electron chi connectivity index (χ4n) is 4.94. The summed E-state index contributed by atoms with van der Waals surface area (Å²) in [5.74, 6) is -0.394. The van der Waals surface area contributed by atoms with Gasteiger partial charge in [0.2, 0.25) is 10.0 Å². The van der Waals surface area contributed by atoms with E-state index in [9.17, 15) is 18.0 Å².